The first-order chi connectivity index (χ1) is 18.5. The second-order valence-electron chi connectivity index (χ2n) is 10.5. The van der Waals surface area contributed by atoms with Crippen molar-refractivity contribution in [3.8, 4) is 0 Å². The van der Waals surface area contributed by atoms with Gasteiger partial charge in [0.15, 0.2) is 12.4 Å². The quantitative estimate of drug-likeness (QED) is 0.144. The fraction of sp³-hybridized carbons (Fsp3) is 0.917. The molecule has 2 aliphatic heterocycles. The lowest BCUT2D eigenvalue weighted by Gasteiger charge is -2.49. The van der Waals surface area contributed by atoms with Gasteiger partial charge in [-0.15, -0.1) is 0 Å². The molecule has 0 aliphatic carbocycles. The zero-order valence-electron chi connectivity index (χ0n) is 23.5. The van der Waals surface area contributed by atoms with E-state index in [1.54, 1.807) is 13.8 Å². The second kappa shape index (κ2) is 14.1. The average molecular weight is 602 g/mol. The van der Waals surface area contributed by atoms with E-state index in [1.807, 2.05) is 20.8 Å². The first kappa shape index (κ1) is 34.7. The predicted octanol–water partition coefficient (Wildman–Crippen LogP) is -0.635. The van der Waals surface area contributed by atoms with Crippen molar-refractivity contribution < 1.29 is 66.1 Å². The zero-order valence-corrected chi connectivity index (χ0v) is 24.3. The van der Waals surface area contributed by atoms with Crippen molar-refractivity contribution in [2.75, 3.05) is 6.61 Å². The molecule has 11 unspecified atom stereocenters. The minimum atomic E-state index is -4.90. The Balaban J connectivity index is 2.44. The van der Waals surface area contributed by atoms with E-state index in [2.05, 4.69) is 9.50 Å². The maximum absolute atomic E-state index is 12.1. The van der Waals surface area contributed by atoms with Crippen LogP contribution >= 0.6 is 0 Å². The molecular formula is C24H43NO14S. The van der Waals surface area contributed by atoms with Gasteiger partial charge in [-0.05, 0) is 25.7 Å². The molecule has 0 aromatic heterocycles. The van der Waals surface area contributed by atoms with E-state index in [1.165, 1.54) is 6.92 Å². The first-order valence-electron chi connectivity index (χ1n) is 13.3. The van der Waals surface area contributed by atoms with Crippen LogP contribution in [0.2, 0.25) is 0 Å². The molecule has 40 heavy (non-hydrogen) atoms. The Morgan fingerprint density at radius 3 is 2.10 bits per heavy atom. The third kappa shape index (κ3) is 8.53. The summed E-state index contributed by atoms with van der Waals surface area (Å²) in [6.45, 7) is 9.35. The highest BCUT2D eigenvalue weighted by Gasteiger charge is 2.54. The molecule has 11 atom stereocenters. The number of ether oxygens (including phenoxy) is 4. The highest BCUT2D eigenvalue weighted by molar-refractivity contribution is 7.80. The number of aliphatic hydroxyl groups excluding tert-OH is 3. The zero-order chi connectivity index (χ0) is 30.6. The summed E-state index contributed by atoms with van der Waals surface area (Å²) in [5.74, 6) is -2.32. The minimum absolute atomic E-state index is 0.295. The van der Waals surface area contributed by atoms with E-state index < -0.39 is 95.6 Å². The van der Waals surface area contributed by atoms with Crippen molar-refractivity contribution in [2.45, 2.75) is 128 Å². The normalized spacial score (nSPS) is 36.1. The van der Waals surface area contributed by atoms with Gasteiger partial charge in [0.2, 0.25) is 5.91 Å². The molecule has 234 valence electrons. The number of aliphatic hydroxyl groups is 3. The maximum atomic E-state index is 12.1. The van der Waals surface area contributed by atoms with Crippen LogP contribution in [0.25, 0.3) is 0 Å². The molecule has 1 amide bonds. The maximum Gasteiger partial charge on any atom is 0.397 e. The van der Waals surface area contributed by atoms with Gasteiger partial charge >= 0.3 is 16.4 Å². The van der Waals surface area contributed by atoms with Crippen LogP contribution in [-0.4, -0.2) is 119 Å². The Morgan fingerprint density at radius 1 is 1.02 bits per heavy atom. The van der Waals surface area contributed by atoms with Gasteiger partial charge in [-0.2, -0.15) is 8.42 Å². The smallest absolute Gasteiger partial charge is 0.397 e. The van der Waals surface area contributed by atoms with Crippen LogP contribution in [0.4, 0.5) is 0 Å². The highest BCUT2D eigenvalue weighted by Crippen LogP contribution is 2.35. The summed E-state index contributed by atoms with van der Waals surface area (Å²) in [5, 5.41) is 45.4. The largest absolute Gasteiger partial charge is 0.479 e. The molecular weight excluding hydrogens is 558 g/mol. The molecule has 0 saturated carbocycles. The number of hydrogen-bond donors (Lipinski definition) is 6. The average Bonchev–Trinajstić information content (AvgIpc) is 2.87. The van der Waals surface area contributed by atoms with Crippen molar-refractivity contribution in [1.82, 2.24) is 5.32 Å². The van der Waals surface area contributed by atoms with E-state index in [0.717, 1.165) is 0 Å². The SMILES string of the molecule is CCC(C)C1OC(COS(=O)(=O)O)C(O)C(OC2OC(C(=O)O)C(OC(C)(CC)CC)C(O)C2O)C1NC(C)=O. The number of carbonyl (C=O) groups excluding carboxylic acids is 1. The van der Waals surface area contributed by atoms with E-state index in [0.29, 0.717) is 19.3 Å². The highest BCUT2D eigenvalue weighted by atomic mass is 32.3. The van der Waals surface area contributed by atoms with Gasteiger partial charge in [-0.25, -0.2) is 8.98 Å². The van der Waals surface area contributed by atoms with E-state index >= 15 is 0 Å². The minimum Gasteiger partial charge on any atom is -0.479 e. The summed E-state index contributed by atoms with van der Waals surface area (Å²) >= 11 is 0. The fourth-order valence-corrected chi connectivity index (χ4v) is 5.04. The molecule has 0 aromatic carbocycles. The summed E-state index contributed by atoms with van der Waals surface area (Å²) in [4.78, 5) is 24.2. The van der Waals surface area contributed by atoms with Crippen LogP contribution in [0.5, 0.6) is 0 Å². The molecule has 16 heteroatoms. The Kier molecular flexibility index (Phi) is 12.3. The third-order valence-electron chi connectivity index (χ3n) is 7.71. The summed E-state index contributed by atoms with van der Waals surface area (Å²) < 4.78 is 59.0. The van der Waals surface area contributed by atoms with Crippen molar-refractivity contribution in [3.05, 3.63) is 0 Å². The molecule has 0 aromatic rings. The Hall–Kier alpha value is -1.47. The van der Waals surface area contributed by atoms with Gasteiger partial charge < -0.3 is 44.7 Å². The number of carbonyl (C=O) groups is 2. The molecule has 6 N–H and O–H groups in total. The van der Waals surface area contributed by atoms with Crippen molar-refractivity contribution in [3.63, 3.8) is 0 Å². The lowest BCUT2D eigenvalue weighted by Crippen LogP contribution is -2.69. The van der Waals surface area contributed by atoms with Gasteiger partial charge in [0, 0.05) is 6.92 Å². The second-order valence-corrected chi connectivity index (χ2v) is 11.6. The number of rotatable bonds is 13. The Bertz CT molecular complexity index is 959. The lowest BCUT2D eigenvalue weighted by molar-refractivity contribution is -0.338. The monoisotopic (exact) mass is 601 g/mol. The summed E-state index contributed by atoms with van der Waals surface area (Å²) in [5.41, 5.74) is -0.826. The summed E-state index contributed by atoms with van der Waals surface area (Å²) in [6.07, 6.45) is -12.7. The standard InChI is InChI=1S/C24H43NO14S/c1-7-11(4)18-14(25-12(5)26)19(15(27)13(36-18)10-35-40(32,33)34)37-23-17(29)16(28)20(21(38-23)22(30)31)39-24(6,8-2)9-3/h11,13-21,23,27-29H,7-10H2,1-6H3,(H,25,26)(H,30,31)(H,32,33,34). The Morgan fingerprint density at radius 2 is 1.62 bits per heavy atom. The summed E-state index contributed by atoms with van der Waals surface area (Å²) in [7, 11) is -4.90. The first-order valence-corrected chi connectivity index (χ1v) is 14.6. The number of hydrogen-bond acceptors (Lipinski definition) is 12. The molecule has 2 rings (SSSR count). The molecule has 2 fully saturated rings. The molecule has 0 spiro atoms. The van der Waals surface area contributed by atoms with Crippen LogP contribution in [0.3, 0.4) is 0 Å². The topological polar surface area (TPSA) is 228 Å². The van der Waals surface area contributed by atoms with Gasteiger partial charge in [-0.3, -0.25) is 9.35 Å². The number of nitrogens with one attached hydrogen (secondary N) is 1. The van der Waals surface area contributed by atoms with Crippen LogP contribution in [-0.2, 0) is 43.1 Å². The number of carboxylic acids is 1. The molecule has 2 aliphatic rings. The fourth-order valence-electron chi connectivity index (χ4n) is 4.73. The number of carboxylic acid groups (broad SMARTS) is 1. The molecule has 0 bridgehead atoms. The van der Waals surface area contributed by atoms with Gasteiger partial charge in [0.1, 0.15) is 36.6 Å². The Labute approximate surface area is 234 Å². The van der Waals surface area contributed by atoms with E-state index in [9.17, 15) is 38.4 Å². The van der Waals surface area contributed by atoms with Gasteiger partial charge in [0.25, 0.3) is 0 Å². The van der Waals surface area contributed by atoms with Crippen molar-refractivity contribution >= 4 is 22.3 Å². The van der Waals surface area contributed by atoms with Gasteiger partial charge in [-0.1, -0.05) is 34.1 Å². The van der Waals surface area contributed by atoms with Crippen molar-refractivity contribution in [2.24, 2.45) is 5.92 Å². The van der Waals surface area contributed by atoms with Crippen LogP contribution in [0.15, 0.2) is 0 Å². The molecule has 2 heterocycles. The molecule has 2 saturated heterocycles. The molecule has 15 nitrogen and oxygen atoms in total. The predicted molar refractivity (Wildman–Crippen MR) is 136 cm³/mol. The molecule has 0 radical (unpaired) electrons. The van der Waals surface area contributed by atoms with E-state index in [4.69, 9.17) is 23.5 Å². The van der Waals surface area contributed by atoms with Gasteiger partial charge in [0.05, 0.1) is 24.4 Å². The number of aliphatic carboxylic acids is 1. The summed E-state index contributed by atoms with van der Waals surface area (Å²) in [6, 6.07) is -1.09. The van der Waals surface area contributed by atoms with Crippen LogP contribution in [0, 0.1) is 5.92 Å². The van der Waals surface area contributed by atoms with E-state index in [-0.39, 0.29) is 5.92 Å². The number of amides is 1. The van der Waals surface area contributed by atoms with Crippen molar-refractivity contribution in [1.29, 1.82) is 0 Å². The van der Waals surface area contributed by atoms with Crippen LogP contribution < -0.4 is 5.32 Å². The lowest BCUT2D eigenvalue weighted by atomic mass is 9.85. The van der Waals surface area contributed by atoms with Crippen LogP contribution in [0.1, 0.15) is 60.8 Å². The third-order valence-corrected chi connectivity index (χ3v) is 8.14.